The van der Waals surface area contributed by atoms with E-state index in [9.17, 15) is 13.6 Å². The summed E-state index contributed by atoms with van der Waals surface area (Å²) in [5.41, 5.74) is 1.82. The number of fused-ring (bicyclic) bond motifs is 1. The van der Waals surface area contributed by atoms with Crippen LogP contribution in [0.2, 0.25) is 0 Å². The predicted octanol–water partition coefficient (Wildman–Crippen LogP) is 3.22. The van der Waals surface area contributed by atoms with Gasteiger partial charge in [-0.3, -0.25) is 4.79 Å². The maximum atomic E-state index is 14.3. The fraction of sp³-hybridized carbons (Fsp3) is 0.167. The van der Waals surface area contributed by atoms with Crippen LogP contribution in [0, 0.1) is 11.6 Å². The van der Waals surface area contributed by atoms with E-state index in [1.54, 1.807) is 25.3 Å². The first kappa shape index (κ1) is 16.1. The lowest BCUT2D eigenvalue weighted by Crippen LogP contribution is -2.35. The summed E-state index contributed by atoms with van der Waals surface area (Å²) in [7, 11) is 0. The number of aliphatic hydroxyl groups excluding tert-OH is 1. The van der Waals surface area contributed by atoms with Gasteiger partial charge in [0.2, 0.25) is 0 Å². The molecule has 0 unspecified atom stereocenters. The van der Waals surface area contributed by atoms with Crippen LogP contribution in [-0.2, 0) is 0 Å². The topological polar surface area (TPSA) is 65.1 Å². The highest BCUT2D eigenvalue weighted by Crippen LogP contribution is 2.30. The molecule has 1 heterocycles. The molecule has 4 nitrogen and oxygen atoms in total. The molecule has 1 atom stereocenters. The largest absolute Gasteiger partial charge is 0.394 e. The van der Waals surface area contributed by atoms with Crippen molar-refractivity contribution in [3.8, 4) is 11.1 Å². The lowest BCUT2D eigenvalue weighted by molar-refractivity contribution is 0.0918. The third-order valence-corrected chi connectivity index (χ3v) is 3.82. The highest BCUT2D eigenvalue weighted by Gasteiger charge is 2.16. The standard InChI is InChI=1S/C18H16F2N2O2/c1-10(9-23)22-18(24)14-4-2-11(6-16(14)20)15-8-21-17-7-12(19)3-5-13(15)17/h2-8,10,21,23H,9H2,1H3,(H,22,24)/t10-/m0/s1. The SMILES string of the molecule is C[C@@H](CO)NC(=O)c1ccc(-c2c[nH]c3cc(F)ccc23)cc1F. The summed E-state index contributed by atoms with van der Waals surface area (Å²) in [6.45, 7) is 1.40. The molecule has 0 spiro atoms. The lowest BCUT2D eigenvalue weighted by Gasteiger charge is -2.11. The molecule has 0 fully saturated rings. The van der Waals surface area contributed by atoms with Gasteiger partial charge >= 0.3 is 0 Å². The monoisotopic (exact) mass is 330 g/mol. The average molecular weight is 330 g/mol. The van der Waals surface area contributed by atoms with E-state index in [2.05, 4.69) is 10.3 Å². The van der Waals surface area contributed by atoms with E-state index in [-0.39, 0.29) is 18.0 Å². The van der Waals surface area contributed by atoms with E-state index in [4.69, 9.17) is 5.11 Å². The molecule has 0 aliphatic heterocycles. The number of carbonyl (C=O) groups is 1. The first-order valence-corrected chi connectivity index (χ1v) is 7.48. The van der Waals surface area contributed by atoms with Crippen LogP contribution in [0.4, 0.5) is 8.78 Å². The minimum Gasteiger partial charge on any atom is -0.394 e. The van der Waals surface area contributed by atoms with Crippen molar-refractivity contribution in [1.82, 2.24) is 10.3 Å². The Balaban J connectivity index is 1.95. The number of aliphatic hydroxyl groups is 1. The van der Waals surface area contributed by atoms with Crippen molar-refractivity contribution < 1.29 is 18.7 Å². The summed E-state index contributed by atoms with van der Waals surface area (Å²) >= 11 is 0. The summed E-state index contributed by atoms with van der Waals surface area (Å²) in [6.07, 6.45) is 1.67. The Hall–Kier alpha value is -2.73. The molecular weight excluding hydrogens is 314 g/mol. The average Bonchev–Trinajstić information content (AvgIpc) is 2.97. The van der Waals surface area contributed by atoms with Gasteiger partial charge in [0.15, 0.2) is 0 Å². The molecule has 1 amide bonds. The third kappa shape index (κ3) is 3.00. The van der Waals surface area contributed by atoms with Gasteiger partial charge in [0.1, 0.15) is 11.6 Å². The molecule has 24 heavy (non-hydrogen) atoms. The van der Waals surface area contributed by atoms with Gasteiger partial charge in [-0.1, -0.05) is 6.07 Å². The number of carbonyl (C=O) groups excluding carboxylic acids is 1. The van der Waals surface area contributed by atoms with Crippen LogP contribution in [0.1, 0.15) is 17.3 Å². The summed E-state index contributed by atoms with van der Waals surface area (Å²) in [4.78, 5) is 14.9. The zero-order valence-corrected chi connectivity index (χ0v) is 12.9. The van der Waals surface area contributed by atoms with Gasteiger partial charge in [0.05, 0.1) is 12.2 Å². The molecule has 1 aromatic heterocycles. The second-order valence-corrected chi connectivity index (χ2v) is 5.64. The fourth-order valence-corrected chi connectivity index (χ4v) is 2.55. The van der Waals surface area contributed by atoms with Gasteiger partial charge in [-0.15, -0.1) is 0 Å². The zero-order chi connectivity index (χ0) is 17.3. The van der Waals surface area contributed by atoms with Crippen LogP contribution in [0.5, 0.6) is 0 Å². The third-order valence-electron chi connectivity index (χ3n) is 3.82. The molecule has 6 heteroatoms. The van der Waals surface area contributed by atoms with Gasteiger partial charge in [-0.05, 0) is 42.8 Å². The van der Waals surface area contributed by atoms with Crippen molar-refractivity contribution in [2.45, 2.75) is 13.0 Å². The minimum absolute atomic E-state index is 0.0927. The van der Waals surface area contributed by atoms with Crippen LogP contribution in [0.15, 0.2) is 42.6 Å². The highest BCUT2D eigenvalue weighted by atomic mass is 19.1. The van der Waals surface area contributed by atoms with Crippen LogP contribution in [-0.4, -0.2) is 28.6 Å². The van der Waals surface area contributed by atoms with Crippen molar-refractivity contribution >= 4 is 16.8 Å². The minimum atomic E-state index is -0.661. The van der Waals surface area contributed by atoms with E-state index in [0.29, 0.717) is 11.1 Å². The maximum Gasteiger partial charge on any atom is 0.254 e. The Morgan fingerprint density at radius 2 is 2.04 bits per heavy atom. The Morgan fingerprint density at radius 3 is 2.75 bits per heavy atom. The molecule has 0 saturated heterocycles. The van der Waals surface area contributed by atoms with E-state index < -0.39 is 17.8 Å². The normalized spacial score (nSPS) is 12.3. The second-order valence-electron chi connectivity index (χ2n) is 5.64. The van der Waals surface area contributed by atoms with Crippen LogP contribution in [0.25, 0.3) is 22.0 Å². The van der Waals surface area contributed by atoms with Gasteiger partial charge in [-0.25, -0.2) is 8.78 Å². The fourth-order valence-electron chi connectivity index (χ4n) is 2.55. The lowest BCUT2D eigenvalue weighted by atomic mass is 10.0. The first-order valence-electron chi connectivity index (χ1n) is 7.48. The molecule has 2 aromatic carbocycles. The first-order chi connectivity index (χ1) is 11.5. The van der Waals surface area contributed by atoms with Crippen molar-refractivity contribution in [2.75, 3.05) is 6.61 Å². The van der Waals surface area contributed by atoms with Gasteiger partial charge in [0.25, 0.3) is 5.91 Å². The van der Waals surface area contributed by atoms with E-state index in [1.165, 1.54) is 24.3 Å². The molecule has 0 radical (unpaired) electrons. The maximum absolute atomic E-state index is 14.3. The van der Waals surface area contributed by atoms with Crippen molar-refractivity contribution in [2.24, 2.45) is 0 Å². The summed E-state index contributed by atoms with van der Waals surface area (Å²) < 4.78 is 27.6. The van der Waals surface area contributed by atoms with Crippen LogP contribution >= 0.6 is 0 Å². The predicted molar refractivity (Wildman–Crippen MR) is 87.7 cm³/mol. The van der Waals surface area contributed by atoms with Crippen molar-refractivity contribution in [1.29, 1.82) is 0 Å². The summed E-state index contributed by atoms with van der Waals surface area (Å²) in [6, 6.07) is 8.17. The van der Waals surface area contributed by atoms with Crippen molar-refractivity contribution in [3.63, 3.8) is 0 Å². The van der Waals surface area contributed by atoms with Gasteiger partial charge in [-0.2, -0.15) is 0 Å². The van der Waals surface area contributed by atoms with Crippen LogP contribution in [0.3, 0.4) is 0 Å². The van der Waals surface area contributed by atoms with Crippen molar-refractivity contribution in [3.05, 3.63) is 59.8 Å². The molecular formula is C18H16F2N2O2. The highest BCUT2D eigenvalue weighted by molar-refractivity contribution is 5.98. The quantitative estimate of drug-likeness (QED) is 0.688. The molecule has 3 N–H and O–H groups in total. The van der Waals surface area contributed by atoms with Gasteiger partial charge in [0, 0.05) is 28.7 Å². The number of halogens is 2. The Labute approximate surface area is 137 Å². The molecule has 0 saturated carbocycles. The molecule has 3 aromatic rings. The Morgan fingerprint density at radius 1 is 1.25 bits per heavy atom. The number of hydrogen-bond donors (Lipinski definition) is 3. The second kappa shape index (κ2) is 6.41. The Bertz CT molecular complexity index is 905. The van der Waals surface area contributed by atoms with Crippen LogP contribution < -0.4 is 5.32 Å². The number of H-pyrrole nitrogens is 1. The number of rotatable bonds is 4. The van der Waals surface area contributed by atoms with Gasteiger partial charge < -0.3 is 15.4 Å². The summed E-state index contributed by atoms with van der Waals surface area (Å²) in [5.74, 6) is -1.60. The van der Waals surface area contributed by atoms with E-state index >= 15 is 0 Å². The van der Waals surface area contributed by atoms with E-state index in [1.807, 2.05) is 0 Å². The smallest absolute Gasteiger partial charge is 0.254 e. The number of aromatic amines is 1. The number of hydrogen-bond acceptors (Lipinski definition) is 2. The molecule has 124 valence electrons. The zero-order valence-electron chi connectivity index (χ0n) is 12.9. The number of aromatic nitrogens is 1. The molecule has 0 aliphatic rings. The molecule has 0 bridgehead atoms. The number of nitrogens with one attached hydrogen (secondary N) is 2. The summed E-state index contributed by atoms with van der Waals surface area (Å²) in [5, 5.41) is 12.2. The Kier molecular flexibility index (Phi) is 4.31. The molecule has 0 aliphatic carbocycles. The van der Waals surface area contributed by atoms with E-state index in [0.717, 1.165) is 10.9 Å². The molecule has 3 rings (SSSR count). The number of benzene rings is 2. The number of amides is 1.